The normalized spacial score (nSPS) is 11.5. The second kappa shape index (κ2) is 11.4. The summed E-state index contributed by atoms with van der Waals surface area (Å²) in [6, 6.07) is 13.5. The van der Waals surface area contributed by atoms with Crippen LogP contribution in [0.15, 0.2) is 41.4 Å². The Kier molecular flexibility index (Phi) is 8.83. The molecule has 1 unspecified atom stereocenters. The van der Waals surface area contributed by atoms with Crippen LogP contribution in [0.1, 0.15) is 49.9 Å². The van der Waals surface area contributed by atoms with E-state index in [2.05, 4.69) is 23.3 Å². The summed E-state index contributed by atoms with van der Waals surface area (Å²) in [5.41, 5.74) is 2.50. The highest BCUT2D eigenvalue weighted by atomic mass is 32.2. The van der Waals surface area contributed by atoms with Gasteiger partial charge in [-0.3, -0.25) is 4.79 Å². The molecule has 5 nitrogen and oxygen atoms in total. The van der Waals surface area contributed by atoms with Gasteiger partial charge in [0.25, 0.3) is 0 Å². The predicted molar refractivity (Wildman–Crippen MR) is 112 cm³/mol. The maximum atomic E-state index is 12.7. The molecule has 1 atom stereocenters. The topological polar surface area (TPSA) is 75.0 Å². The van der Waals surface area contributed by atoms with Crippen molar-refractivity contribution in [1.82, 2.24) is 10.3 Å². The van der Waals surface area contributed by atoms with Crippen LogP contribution in [0.4, 0.5) is 0 Å². The fourth-order valence-corrected chi connectivity index (χ4v) is 3.69. The van der Waals surface area contributed by atoms with Crippen LogP contribution in [0.3, 0.4) is 0 Å². The molecule has 0 bridgehead atoms. The third kappa shape index (κ3) is 6.28. The number of rotatable bonds is 10. The van der Waals surface area contributed by atoms with Crippen molar-refractivity contribution < 1.29 is 9.53 Å². The number of methoxy groups -OCH3 is 1. The molecule has 2 rings (SSSR count). The molecule has 0 saturated carbocycles. The van der Waals surface area contributed by atoms with E-state index in [1.165, 1.54) is 11.8 Å². The number of hydrogen-bond acceptors (Lipinski definition) is 5. The second-order valence-corrected chi connectivity index (χ2v) is 7.64. The Morgan fingerprint density at radius 1 is 1.25 bits per heavy atom. The average molecular weight is 398 g/mol. The summed E-state index contributed by atoms with van der Waals surface area (Å²) in [6.07, 6.45) is 3.69. The van der Waals surface area contributed by atoms with E-state index in [1.54, 1.807) is 7.11 Å². The van der Waals surface area contributed by atoms with E-state index in [1.807, 2.05) is 43.3 Å². The minimum absolute atomic E-state index is 0.0482. The summed E-state index contributed by atoms with van der Waals surface area (Å²) in [7, 11) is 1.63. The second-order valence-electron chi connectivity index (χ2n) is 6.45. The molecule has 1 amide bonds. The lowest BCUT2D eigenvalue weighted by Crippen LogP contribution is -2.32. The maximum absolute atomic E-state index is 12.7. The molecule has 1 N–H and O–H groups in total. The van der Waals surface area contributed by atoms with Gasteiger partial charge in [0.05, 0.1) is 17.9 Å². The number of benzene rings is 1. The van der Waals surface area contributed by atoms with Gasteiger partial charge in [0.1, 0.15) is 16.8 Å². The first-order valence-corrected chi connectivity index (χ1v) is 10.5. The predicted octanol–water partition coefficient (Wildman–Crippen LogP) is 4.49. The summed E-state index contributed by atoms with van der Waals surface area (Å²) in [4.78, 5) is 17.3. The van der Waals surface area contributed by atoms with E-state index in [9.17, 15) is 10.1 Å². The summed E-state index contributed by atoms with van der Waals surface area (Å²) >= 11 is 1.37. The molecule has 28 heavy (non-hydrogen) atoms. The molecule has 0 radical (unpaired) electrons. The van der Waals surface area contributed by atoms with E-state index in [0.717, 1.165) is 36.3 Å². The molecule has 148 valence electrons. The molecule has 1 aromatic heterocycles. The Hall–Kier alpha value is -2.52. The lowest BCUT2D eigenvalue weighted by atomic mass is 10.2. The molecule has 1 aromatic carbocycles. The molecule has 0 aliphatic heterocycles. The lowest BCUT2D eigenvalue weighted by molar-refractivity contribution is -0.120. The number of ether oxygens (including phenoxy) is 1. The van der Waals surface area contributed by atoms with Crippen molar-refractivity contribution in [2.45, 2.75) is 56.4 Å². The zero-order valence-corrected chi connectivity index (χ0v) is 17.5. The highest BCUT2D eigenvalue weighted by Crippen LogP contribution is 2.27. The molecule has 0 aliphatic carbocycles. The first-order valence-electron chi connectivity index (χ1n) is 9.58. The summed E-state index contributed by atoms with van der Waals surface area (Å²) in [6.45, 7) is 4.56. The van der Waals surface area contributed by atoms with Crippen molar-refractivity contribution in [3.8, 4) is 11.8 Å². The summed E-state index contributed by atoms with van der Waals surface area (Å²) in [5.74, 6) is 0.739. The Balaban J connectivity index is 2.03. The Morgan fingerprint density at radius 2 is 2.00 bits per heavy atom. The fourth-order valence-electron chi connectivity index (χ4n) is 2.65. The van der Waals surface area contributed by atoms with Crippen LogP contribution >= 0.6 is 11.8 Å². The first kappa shape index (κ1) is 21.8. The van der Waals surface area contributed by atoms with E-state index in [0.29, 0.717) is 23.6 Å². The van der Waals surface area contributed by atoms with Gasteiger partial charge in [0.2, 0.25) is 5.91 Å². The molecule has 0 saturated heterocycles. The Bertz CT molecular complexity index is 816. The van der Waals surface area contributed by atoms with Crippen molar-refractivity contribution >= 4 is 17.7 Å². The average Bonchev–Trinajstić information content (AvgIpc) is 2.74. The van der Waals surface area contributed by atoms with Crippen molar-refractivity contribution in [3.05, 3.63) is 53.2 Å². The van der Waals surface area contributed by atoms with Crippen LogP contribution in [-0.4, -0.2) is 23.3 Å². The number of nitrogens with zero attached hydrogens (tertiary/aromatic N) is 2. The third-order valence-corrected chi connectivity index (χ3v) is 5.73. The number of carbonyl (C=O) groups is 1. The van der Waals surface area contributed by atoms with Gasteiger partial charge < -0.3 is 10.1 Å². The van der Waals surface area contributed by atoms with Gasteiger partial charge in [-0.25, -0.2) is 4.98 Å². The third-order valence-electron chi connectivity index (χ3n) is 4.37. The van der Waals surface area contributed by atoms with Gasteiger partial charge in [-0.05, 0) is 49.1 Å². The maximum Gasteiger partial charge on any atom is 0.233 e. The molecule has 0 spiro atoms. The fraction of sp³-hybridized carbons (Fsp3) is 0.409. The van der Waals surface area contributed by atoms with Gasteiger partial charge in [0, 0.05) is 12.2 Å². The van der Waals surface area contributed by atoms with Crippen molar-refractivity contribution in [3.63, 3.8) is 0 Å². The van der Waals surface area contributed by atoms with E-state index < -0.39 is 0 Å². The minimum atomic E-state index is -0.292. The van der Waals surface area contributed by atoms with Crippen LogP contribution in [0.5, 0.6) is 5.75 Å². The summed E-state index contributed by atoms with van der Waals surface area (Å²) < 4.78 is 5.15. The van der Waals surface area contributed by atoms with Gasteiger partial charge >= 0.3 is 0 Å². The van der Waals surface area contributed by atoms with Gasteiger partial charge in [-0.2, -0.15) is 5.26 Å². The van der Waals surface area contributed by atoms with E-state index in [-0.39, 0.29) is 11.2 Å². The van der Waals surface area contributed by atoms with Crippen LogP contribution in [0.25, 0.3) is 0 Å². The molecule has 1 heterocycles. The molecular formula is C22H27N3O2S. The van der Waals surface area contributed by atoms with E-state index >= 15 is 0 Å². The molecule has 6 heteroatoms. The number of hydrogen-bond donors (Lipinski definition) is 1. The highest BCUT2D eigenvalue weighted by Gasteiger charge is 2.20. The van der Waals surface area contributed by atoms with Gasteiger partial charge in [-0.1, -0.05) is 44.2 Å². The number of carbonyl (C=O) groups excluding carboxylic acids is 1. The minimum Gasteiger partial charge on any atom is -0.497 e. The number of amides is 1. The molecule has 2 aromatic rings. The number of aryl methyl sites for hydroxylation is 1. The Labute approximate surface area is 171 Å². The highest BCUT2D eigenvalue weighted by molar-refractivity contribution is 8.00. The van der Waals surface area contributed by atoms with Crippen LogP contribution < -0.4 is 10.1 Å². The van der Waals surface area contributed by atoms with Crippen LogP contribution in [-0.2, 0) is 17.8 Å². The molecule has 0 aliphatic rings. The van der Waals surface area contributed by atoms with Crippen LogP contribution in [0.2, 0.25) is 0 Å². The molecular weight excluding hydrogens is 370 g/mol. The van der Waals surface area contributed by atoms with Crippen molar-refractivity contribution in [1.29, 1.82) is 5.26 Å². The van der Waals surface area contributed by atoms with Crippen molar-refractivity contribution in [2.75, 3.05) is 7.11 Å². The number of thioether (sulfide) groups is 1. The summed E-state index contributed by atoms with van der Waals surface area (Å²) in [5, 5.41) is 12.7. The van der Waals surface area contributed by atoms with Gasteiger partial charge in [-0.15, -0.1) is 0 Å². The zero-order chi connectivity index (χ0) is 20.4. The Morgan fingerprint density at radius 3 is 2.61 bits per heavy atom. The lowest BCUT2D eigenvalue weighted by Gasteiger charge is -2.15. The number of unbranched alkanes of at least 4 members (excludes halogenated alkanes) is 1. The van der Waals surface area contributed by atoms with E-state index in [4.69, 9.17) is 4.74 Å². The number of aromatic nitrogens is 1. The number of pyridine rings is 1. The number of nitriles is 1. The van der Waals surface area contributed by atoms with Gasteiger partial charge in [0.15, 0.2) is 0 Å². The first-order chi connectivity index (χ1) is 13.6. The quantitative estimate of drug-likeness (QED) is 0.598. The van der Waals surface area contributed by atoms with Crippen molar-refractivity contribution in [2.24, 2.45) is 0 Å². The smallest absolute Gasteiger partial charge is 0.233 e. The monoisotopic (exact) mass is 397 g/mol. The SMILES string of the molecule is CCCCc1ccc(C#N)c(SC(CC)C(=O)NCc2ccc(OC)cc2)n1. The van der Waals surface area contributed by atoms with Crippen LogP contribution in [0, 0.1) is 11.3 Å². The molecule has 0 fully saturated rings. The zero-order valence-electron chi connectivity index (χ0n) is 16.7. The standard InChI is InChI=1S/C22H27N3O2S/c1-4-6-7-18-11-10-17(14-23)22(25-18)28-20(5-2)21(26)24-15-16-8-12-19(27-3)13-9-16/h8-13,20H,4-7,15H2,1-3H3,(H,24,26). The number of nitrogens with one attached hydrogen (secondary N) is 1. The largest absolute Gasteiger partial charge is 0.497 e.